The van der Waals surface area contributed by atoms with Crippen molar-refractivity contribution in [1.29, 1.82) is 0 Å². The summed E-state index contributed by atoms with van der Waals surface area (Å²) in [7, 11) is 0. The van der Waals surface area contributed by atoms with E-state index in [4.69, 9.17) is 0 Å². The van der Waals surface area contributed by atoms with Gasteiger partial charge in [-0.15, -0.1) is 11.3 Å². The van der Waals surface area contributed by atoms with Crippen molar-refractivity contribution in [3.8, 4) is 0 Å². The minimum absolute atomic E-state index is 0.616. The largest absolute Gasteiger partial charge is 0.351 e. The van der Waals surface area contributed by atoms with Crippen molar-refractivity contribution in [2.24, 2.45) is 5.92 Å². The summed E-state index contributed by atoms with van der Waals surface area (Å²) in [4.78, 5) is 10.0. The molecule has 98 valence electrons. The number of thiazole rings is 1. The smallest absolute Gasteiger partial charge is 0.203 e. The minimum Gasteiger partial charge on any atom is -0.351 e. The molecule has 2 aromatic heterocycles. The van der Waals surface area contributed by atoms with Gasteiger partial charge in [0.25, 0.3) is 0 Å². The van der Waals surface area contributed by atoms with Gasteiger partial charge in [0.15, 0.2) is 0 Å². The van der Waals surface area contributed by atoms with E-state index in [9.17, 15) is 0 Å². The topological polar surface area (TPSA) is 42.7 Å². The molecular formula is C13H20N4S. The second-order valence-electron chi connectivity index (χ2n) is 4.95. The Bertz CT molecular complexity index is 513. The first-order valence-corrected chi connectivity index (χ1v) is 7.05. The second kappa shape index (κ2) is 5.52. The van der Waals surface area contributed by atoms with Crippen LogP contribution in [0, 0.1) is 19.8 Å². The predicted octanol–water partition coefficient (Wildman–Crippen LogP) is 3.22. The number of nitrogens with zero attached hydrogens (tertiary/aromatic N) is 3. The van der Waals surface area contributed by atoms with E-state index in [-0.39, 0.29) is 0 Å². The van der Waals surface area contributed by atoms with Gasteiger partial charge in [0.05, 0.1) is 17.2 Å². The number of rotatable bonds is 5. The highest BCUT2D eigenvalue weighted by molar-refractivity contribution is 7.11. The average Bonchev–Trinajstić information content (AvgIpc) is 2.82. The highest BCUT2D eigenvalue weighted by Crippen LogP contribution is 2.15. The molecule has 0 saturated carbocycles. The van der Waals surface area contributed by atoms with Crippen molar-refractivity contribution in [3.05, 3.63) is 28.0 Å². The van der Waals surface area contributed by atoms with Crippen LogP contribution in [0.4, 0.5) is 5.95 Å². The van der Waals surface area contributed by atoms with E-state index in [1.807, 2.05) is 20.0 Å². The molecule has 0 aliphatic heterocycles. The van der Waals surface area contributed by atoms with Crippen LogP contribution in [0.25, 0.3) is 0 Å². The van der Waals surface area contributed by atoms with Gasteiger partial charge in [-0.2, -0.15) is 0 Å². The molecule has 0 aromatic carbocycles. The minimum atomic E-state index is 0.616. The summed E-state index contributed by atoms with van der Waals surface area (Å²) in [6.07, 6.45) is 4.02. The zero-order chi connectivity index (χ0) is 13.1. The lowest BCUT2D eigenvalue weighted by Gasteiger charge is -2.10. The van der Waals surface area contributed by atoms with Crippen molar-refractivity contribution in [1.82, 2.24) is 14.5 Å². The maximum absolute atomic E-state index is 4.52. The van der Waals surface area contributed by atoms with Crippen LogP contribution >= 0.6 is 11.3 Å². The lowest BCUT2D eigenvalue weighted by Crippen LogP contribution is -2.09. The molecular weight excluding hydrogens is 244 g/mol. The normalized spacial score (nSPS) is 11.2. The molecule has 0 saturated heterocycles. The van der Waals surface area contributed by atoms with E-state index >= 15 is 0 Å². The van der Waals surface area contributed by atoms with E-state index < -0.39 is 0 Å². The van der Waals surface area contributed by atoms with Gasteiger partial charge in [-0.1, -0.05) is 13.8 Å². The third kappa shape index (κ3) is 3.32. The van der Waals surface area contributed by atoms with E-state index in [0.717, 1.165) is 29.7 Å². The van der Waals surface area contributed by atoms with E-state index in [1.54, 1.807) is 11.3 Å². The zero-order valence-corrected chi connectivity index (χ0v) is 12.2. The Kier molecular flexibility index (Phi) is 4.01. The summed E-state index contributed by atoms with van der Waals surface area (Å²) in [5.41, 5.74) is 1.05. The van der Waals surface area contributed by atoms with Crippen molar-refractivity contribution in [3.63, 3.8) is 0 Å². The van der Waals surface area contributed by atoms with Crippen molar-refractivity contribution in [2.45, 2.75) is 40.8 Å². The Balaban J connectivity index is 2.04. The monoisotopic (exact) mass is 264 g/mol. The molecule has 18 heavy (non-hydrogen) atoms. The van der Waals surface area contributed by atoms with E-state index in [2.05, 4.69) is 39.9 Å². The molecule has 0 unspecified atom stereocenters. The number of hydrogen-bond donors (Lipinski definition) is 1. The summed E-state index contributed by atoms with van der Waals surface area (Å²) in [6.45, 7) is 10.3. The Morgan fingerprint density at radius 3 is 2.78 bits per heavy atom. The maximum atomic E-state index is 4.52. The molecule has 0 radical (unpaired) electrons. The van der Waals surface area contributed by atoms with Crippen LogP contribution in [0.1, 0.15) is 29.4 Å². The number of anilines is 1. The SMILES string of the molecule is Cc1cn(CC(C)C)c(NCc2cnc(C)s2)n1. The van der Waals surface area contributed by atoms with Gasteiger partial charge in [0.1, 0.15) is 0 Å². The van der Waals surface area contributed by atoms with Gasteiger partial charge in [-0.05, 0) is 19.8 Å². The molecule has 0 fully saturated rings. The molecule has 5 heteroatoms. The molecule has 2 rings (SSSR count). The Labute approximate surface area is 112 Å². The van der Waals surface area contributed by atoms with Crippen molar-refractivity contribution in [2.75, 3.05) is 5.32 Å². The summed E-state index contributed by atoms with van der Waals surface area (Å²) < 4.78 is 2.19. The molecule has 0 atom stereocenters. The predicted molar refractivity (Wildman–Crippen MR) is 76.0 cm³/mol. The summed E-state index contributed by atoms with van der Waals surface area (Å²) >= 11 is 1.72. The Hall–Kier alpha value is -1.36. The fourth-order valence-electron chi connectivity index (χ4n) is 1.87. The highest BCUT2D eigenvalue weighted by atomic mass is 32.1. The molecule has 0 bridgehead atoms. The Morgan fingerprint density at radius 2 is 2.17 bits per heavy atom. The molecule has 0 aliphatic carbocycles. The van der Waals surface area contributed by atoms with Gasteiger partial charge < -0.3 is 9.88 Å². The van der Waals surface area contributed by atoms with Crippen LogP contribution in [-0.2, 0) is 13.1 Å². The van der Waals surface area contributed by atoms with Crippen molar-refractivity contribution < 1.29 is 0 Å². The van der Waals surface area contributed by atoms with Crippen molar-refractivity contribution >= 4 is 17.3 Å². The van der Waals surface area contributed by atoms with Gasteiger partial charge in [-0.3, -0.25) is 0 Å². The lowest BCUT2D eigenvalue weighted by molar-refractivity contribution is 0.526. The standard InChI is InChI=1S/C13H20N4S/c1-9(2)7-17-8-10(3)16-13(17)15-6-12-5-14-11(4)18-12/h5,8-9H,6-7H2,1-4H3,(H,15,16). The molecule has 0 amide bonds. The van der Waals surface area contributed by atoms with Gasteiger partial charge >= 0.3 is 0 Å². The molecule has 4 nitrogen and oxygen atoms in total. The first-order valence-electron chi connectivity index (χ1n) is 6.23. The number of nitrogens with one attached hydrogen (secondary N) is 1. The summed E-state index contributed by atoms with van der Waals surface area (Å²) in [6, 6.07) is 0. The van der Waals surface area contributed by atoms with E-state index in [0.29, 0.717) is 5.92 Å². The number of hydrogen-bond acceptors (Lipinski definition) is 4. The van der Waals surface area contributed by atoms with E-state index in [1.165, 1.54) is 4.88 Å². The molecule has 2 aromatic rings. The quantitative estimate of drug-likeness (QED) is 0.901. The third-order valence-electron chi connectivity index (χ3n) is 2.55. The fourth-order valence-corrected chi connectivity index (χ4v) is 2.61. The highest BCUT2D eigenvalue weighted by Gasteiger charge is 2.07. The molecule has 1 N–H and O–H groups in total. The lowest BCUT2D eigenvalue weighted by atomic mass is 10.2. The zero-order valence-electron chi connectivity index (χ0n) is 11.4. The van der Waals surface area contributed by atoms with Gasteiger partial charge in [0, 0.05) is 23.8 Å². The number of aromatic nitrogens is 3. The summed E-state index contributed by atoms with van der Waals surface area (Å²) in [5, 5.41) is 4.50. The third-order valence-corrected chi connectivity index (χ3v) is 3.46. The van der Waals surface area contributed by atoms with Crippen LogP contribution < -0.4 is 5.32 Å². The van der Waals surface area contributed by atoms with Crippen LogP contribution in [0.15, 0.2) is 12.4 Å². The summed E-state index contributed by atoms with van der Waals surface area (Å²) in [5.74, 6) is 1.57. The van der Waals surface area contributed by atoms with Crippen LogP contribution in [-0.4, -0.2) is 14.5 Å². The first kappa shape index (κ1) is 13.1. The van der Waals surface area contributed by atoms with Crippen LogP contribution in [0.3, 0.4) is 0 Å². The number of aryl methyl sites for hydroxylation is 2. The average molecular weight is 264 g/mol. The van der Waals surface area contributed by atoms with Crippen LogP contribution in [0.2, 0.25) is 0 Å². The maximum Gasteiger partial charge on any atom is 0.203 e. The Morgan fingerprint density at radius 1 is 1.39 bits per heavy atom. The first-order chi connectivity index (χ1) is 8.54. The molecule has 2 heterocycles. The molecule has 0 aliphatic rings. The van der Waals surface area contributed by atoms with Gasteiger partial charge in [0.2, 0.25) is 5.95 Å². The fraction of sp³-hybridized carbons (Fsp3) is 0.538. The molecule has 0 spiro atoms. The second-order valence-corrected chi connectivity index (χ2v) is 6.27. The van der Waals surface area contributed by atoms with Gasteiger partial charge in [-0.25, -0.2) is 9.97 Å². The number of imidazole rings is 1. The van der Waals surface area contributed by atoms with Crippen LogP contribution in [0.5, 0.6) is 0 Å².